The fraction of sp³-hybridized carbons (Fsp3) is 0.154. The molecule has 0 aliphatic carbocycles. The van der Waals surface area contributed by atoms with E-state index in [1.165, 1.54) is 47.9 Å². The minimum atomic E-state index is -0.413. The molecular formula is C26H24N4O6. The summed E-state index contributed by atoms with van der Waals surface area (Å²) in [5.74, 6) is -0.827. The number of esters is 2. The van der Waals surface area contributed by atoms with Gasteiger partial charge in [-0.05, 0) is 36.4 Å². The molecule has 0 bridgehead atoms. The third-order valence-electron chi connectivity index (χ3n) is 5.13. The zero-order valence-electron chi connectivity index (χ0n) is 20.2. The molecule has 10 heteroatoms. The van der Waals surface area contributed by atoms with Gasteiger partial charge in [0.2, 0.25) is 11.1 Å². The van der Waals surface area contributed by atoms with Crippen molar-refractivity contribution in [3.63, 3.8) is 0 Å². The van der Waals surface area contributed by atoms with E-state index in [1.807, 2.05) is 0 Å². The molecule has 10 nitrogen and oxygen atoms in total. The van der Waals surface area contributed by atoms with Crippen molar-refractivity contribution < 1.29 is 19.1 Å². The van der Waals surface area contributed by atoms with Gasteiger partial charge >= 0.3 is 11.9 Å². The Labute approximate surface area is 206 Å². The SMILES string of the molecule is COC(=O)c1ccnc(-c2ccc(=O)n(C)c2)c1.COC(=O)c1ccnc(-c2ccc(=O)n(C)c2)c1. The van der Waals surface area contributed by atoms with E-state index in [1.54, 1.807) is 62.9 Å². The summed E-state index contributed by atoms with van der Waals surface area (Å²) < 4.78 is 12.2. The van der Waals surface area contributed by atoms with Crippen molar-refractivity contribution in [2.24, 2.45) is 14.1 Å². The second kappa shape index (κ2) is 11.5. The van der Waals surface area contributed by atoms with E-state index < -0.39 is 11.9 Å². The number of hydrogen-bond donors (Lipinski definition) is 0. The number of carbonyl (C=O) groups is 2. The molecule has 4 heterocycles. The van der Waals surface area contributed by atoms with Crippen LogP contribution in [0.2, 0.25) is 0 Å². The van der Waals surface area contributed by atoms with Gasteiger partial charge in [0.15, 0.2) is 0 Å². The Morgan fingerprint density at radius 2 is 1.06 bits per heavy atom. The van der Waals surface area contributed by atoms with Crippen LogP contribution >= 0.6 is 0 Å². The first-order chi connectivity index (χ1) is 17.2. The van der Waals surface area contributed by atoms with Crippen LogP contribution in [0.3, 0.4) is 0 Å². The zero-order chi connectivity index (χ0) is 26.2. The van der Waals surface area contributed by atoms with Crippen molar-refractivity contribution in [1.29, 1.82) is 0 Å². The van der Waals surface area contributed by atoms with Crippen LogP contribution in [0, 0.1) is 0 Å². The third-order valence-corrected chi connectivity index (χ3v) is 5.13. The van der Waals surface area contributed by atoms with Crippen LogP contribution in [0.1, 0.15) is 20.7 Å². The number of nitrogens with zero attached hydrogens (tertiary/aromatic N) is 4. The number of methoxy groups -OCH3 is 2. The maximum absolute atomic E-state index is 11.4. The summed E-state index contributed by atoms with van der Waals surface area (Å²) >= 11 is 0. The van der Waals surface area contributed by atoms with Gasteiger partial charge in [0.25, 0.3) is 0 Å². The molecule has 184 valence electrons. The highest BCUT2D eigenvalue weighted by molar-refractivity contribution is 5.91. The van der Waals surface area contributed by atoms with Crippen molar-refractivity contribution in [2.75, 3.05) is 14.2 Å². The molecule has 0 saturated carbocycles. The number of carbonyl (C=O) groups excluding carboxylic acids is 2. The van der Waals surface area contributed by atoms with Crippen molar-refractivity contribution >= 4 is 11.9 Å². The number of aryl methyl sites for hydroxylation is 2. The molecule has 0 amide bonds. The molecule has 0 N–H and O–H groups in total. The normalized spacial score (nSPS) is 10.1. The summed E-state index contributed by atoms with van der Waals surface area (Å²) in [4.78, 5) is 53.8. The van der Waals surface area contributed by atoms with E-state index in [-0.39, 0.29) is 11.1 Å². The molecular weight excluding hydrogens is 464 g/mol. The molecule has 0 aliphatic heterocycles. The van der Waals surface area contributed by atoms with Crippen LogP contribution in [-0.2, 0) is 23.6 Å². The van der Waals surface area contributed by atoms with Crippen molar-refractivity contribution in [2.45, 2.75) is 0 Å². The van der Waals surface area contributed by atoms with E-state index in [4.69, 9.17) is 0 Å². The molecule has 0 saturated heterocycles. The Hall–Kier alpha value is -4.86. The summed E-state index contributed by atoms with van der Waals surface area (Å²) in [6, 6.07) is 12.7. The molecule has 36 heavy (non-hydrogen) atoms. The summed E-state index contributed by atoms with van der Waals surface area (Å²) in [6.07, 6.45) is 6.41. The molecule has 4 rings (SSSR count). The standard InChI is InChI=1S/2C13H12N2O3/c2*1-15-8-10(3-4-12(15)16)11-7-9(5-6-14-11)13(17)18-2/h2*3-8H,1-2H3. The van der Waals surface area contributed by atoms with Gasteiger partial charge in [-0.15, -0.1) is 0 Å². The number of ether oxygens (including phenoxy) is 2. The molecule has 0 atom stereocenters. The lowest BCUT2D eigenvalue weighted by atomic mass is 10.1. The highest BCUT2D eigenvalue weighted by Gasteiger charge is 2.09. The fourth-order valence-corrected chi connectivity index (χ4v) is 3.16. The van der Waals surface area contributed by atoms with E-state index >= 15 is 0 Å². The average Bonchev–Trinajstić information content (AvgIpc) is 2.91. The molecule has 4 aromatic rings. The molecule has 0 fully saturated rings. The number of hydrogen-bond acceptors (Lipinski definition) is 8. The summed E-state index contributed by atoms with van der Waals surface area (Å²) in [5, 5.41) is 0. The van der Waals surface area contributed by atoms with Gasteiger partial charge < -0.3 is 18.6 Å². The Bertz CT molecular complexity index is 1410. The second-order valence-electron chi connectivity index (χ2n) is 7.58. The van der Waals surface area contributed by atoms with Gasteiger partial charge in [0.1, 0.15) is 0 Å². The smallest absolute Gasteiger partial charge is 0.337 e. The van der Waals surface area contributed by atoms with E-state index in [9.17, 15) is 19.2 Å². The quantitative estimate of drug-likeness (QED) is 0.402. The predicted molar refractivity (Wildman–Crippen MR) is 133 cm³/mol. The topological polar surface area (TPSA) is 122 Å². The first-order valence-corrected chi connectivity index (χ1v) is 10.7. The van der Waals surface area contributed by atoms with Crippen molar-refractivity contribution in [1.82, 2.24) is 19.1 Å². The van der Waals surface area contributed by atoms with Crippen molar-refractivity contribution in [3.05, 3.63) is 105 Å². The Balaban J connectivity index is 0.000000201. The van der Waals surface area contributed by atoms with Crippen LogP contribution in [0.5, 0.6) is 0 Å². The van der Waals surface area contributed by atoms with Gasteiger partial charge in [0.05, 0.1) is 36.7 Å². The lowest BCUT2D eigenvalue weighted by Gasteiger charge is -2.04. The molecule has 4 aromatic heterocycles. The van der Waals surface area contributed by atoms with Crippen LogP contribution < -0.4 is 11.1 Å². The lowest BCUT2D eigenvalue weighted by Crippen LogP contribution is -2.14. The summed E-state index contributed by atoms with van der Waals surface area (Å²) in [6.45, 7) is 0. The highest BCUT2D eigenvalue weighted by atomic mass is 16.5. The highest BCUT2D eigenvalue weighted by Crippen LogP contribution is 2.17. The average molecular weight is 489 g/mol. The van der Waals surface area contributed by atoms with Gasteiger partial charge in [-0.2, -0.15) is 0 Å². The minimum Gasteiger partial charge on any atom is -0.465 e. The number of rotatable bonds is 4. The molecule has 0 spiro atoms. The van der Waals surface area contributed by atoms with Crippen molar-refractivity contribution in [3.8, 4) is 22.5 Å². The maximum atomic E-state index is 11.4. The van der Waals surface area contributed by atoms with E-state index in [0.29, 0.717) is 22.5 Å². The molecule has 0 aromatic carbocycles. The van der Waals surface area contributed by atoms with Gasteiger partial charge in [-0.1, -0.05) is 0 Å². The summed E-state index contributed by atoms with van der Waals surface area (Å²) in [7, 11) is 5.98. The van der Waals surface area contributed by atoms with Crippen LogP contribution in [0.25, 0.3) is 22.5 Å². The molecule has 0 radical (unpaired) electrons. The first kappa shape index (κ1) is 25.8. The number of pyridine rings is 4. The summed E-state index contributed by atoms with van der Waals surface area (Å²) in [5.41, 5.74) is 3.44. The lowest BCUT2D eigenvalue weighted by molar-refractivity contribution is 0.0592. The predicted octanol–water partition coefficient (Wildman–Crippen LogP) is 2.47. The minimum absolute atomic E-state index is 0.0946. The molecule has 0 aliphatic rings. The van der Waals surface area contributed by atoms with Gasteiger partial charge in [0, 0.05) is 62.1 Å². The third kappa shape index (κ3) is 6.17. The van der Waals surface area contributed by atoms with Gasteiger partial charge in [-0.25, -0.2) is 9.59 Å². The van der Waals surface area contributed by atoms with E-state index in [2.05, 4.69) is 19.4 Å². The Kier molecular flexibility index (Phi) is 8.24. The van der Waals surface area contributed by atoms with Crippen LogP contribution in [0.4, 0.5) is 0 Å². The van der Waals surface area contributed by atoms with E-state index in [0.717, 1.165) is 11.1 Å². The van der Waals surface area contributed by atoms with Gasteiger partial charge in [-0.3, -0.25) is 19.6 Å². The molecule has 0 unspecified atom stereocenters. The fourth-order valence-electron chi connectivity index (χ4n) is 3.16. The van der Waals surface area contributed by atoms with Crippen LogP contribution in [-0.4, -0.2) is 45.3 Å². The Morgan fingerprint density at radius 1 is 0.667 bits per heavy atom. The van der Waals surface area contributed by atoms with Crippen LogP contribution in [0.15, 0.2) is 82.9 Å². The zero-order valence-corrected chi connectivity index (χ0v) is 20.2. The number of aromatic nitrogens is 4. The Morgan fingerprint density at radius 3 is 1.39 bits per heavy atom. The maximum Gasteiger partial charge on any atom is 0.337 e. The largest absolute Gasteiger partial charge is 0.465 e. The monoisotopic (exact) mass is 488 g/mol. The second-order valence-corrected chi connectivity index (χ2v) is 7.58. The first-order valence-electron chi connectivity index (χ1n) is 10.7.